The molecule has 5 nitrogen and oxygen atoms in total. The van der Waals surface area contributed by atoms with Crippen LogP contribution in [0.15, 0.2) is 44.8 Å². The van der Waals surface area contributed by atoms with Crippen molar-refractivity contribution in [1.29, 1.82) is 0 Å². The molecule has 0 atom stereocenters. The van der Waals surface area contributed by atoms with Gasteiger partial charge >= 0.3 is 0 Å². The predicted octanol–water partition coefficient (Wildman–Crippen LogP) is 3.79. The van der Waals surface area contributed by atoms with Crippen molar-refractivity contribution in [3.8, 4) is 0 Å². The quantitative estimate of drug-likeness (QED) is 0.507. The third-order valence-corrected chi connectivity index (χ3v) is 5.32. The largest absolute Gasteiger partial charge is 0.325 e. The molecule has 3 aromatic rings. The van der Waals surface area contributed by atoms with Gasteiger partial charge in [0.15, 0.2) is 5.16 Å². The maximum Gasteiger partial charge on any atom is 0.260 e. The smallest absolute Gasteiger partial charge is 0.260 e. The lowest BCUT2D eigenvalue weighted by Gasteiger charge is -2.05. The second-order valence-electron chi connectivity index (χ2n) is 4.79. The van der Waals surface area contributed by atoms with Gasteiger partial charge in [-0.25, -0.2) is 4.98 Å². The highest BCUT2D eigenvalue weighted by Gasteiger charge is 2.09. The van der Waals surface area contributed by atoms with E-state index in [0.29, 0.717) is 15.4 Å². The van der Waals surface area contributed by atoms with E-state index in [1.54, 1.807) is 0 Å². The molecule has 1 amide bonds. The number of rotatable bonds is 4. The van der Waals surface area contributed by atoms with Gasteiger partial charge < -0.3 is 10.3 Å². The summed E-state index contributed by atoms with van der Waals surface area (Å²) in [7, 11) is 0. The van der Waals surface area contributed by atoms with Gasteiger partial charge in [-0.2, -0.15) is 0 Å². The summed E-state index contributed by atoms with van der Waals surface area (Å²) in [6.07, 6.45) is 0. The average molecular weight is 410 g/mol. The minimum atomic E-state index is -0.171. The predicted molar refractivity (Wildman–Crippen MR) is 98.5 cm³/mol. The number of fused-ring (bicyclic) bond motifs is 1. The van der Waals surface area contributed by atoms with E-state index < -0.39 is 0 Å². The number of carbonyl (C=O) groups is 1. The van der Waals surface area contributed by atoms with E-state index in [1.807, 2.05) is 37.3 Å². The summed E-state index contributed by atoms with van der Waals surface area (Å²) in [5, 5.41) is 3.85. The lowest BCUT2D eigenvalue weighted by atomic mass is 10.3. The summed E-state index contributed by atoms with van der Waals surface area (Å²) in [6.45, 7) is 1.93. The Balaban J connectivity index is 1.66. The Morgan fingerprint density at radius 2 is 2.13 bits per heavy atom. The van der Waals surface area contributed by atoms with Gasteiger partial charge in [-0.05, 0) is 37.3 Å². The number of H-pyrrole nitrogens is 1. The fourth-order valence-corrected chi connectivity index (χ4v) is 3.83. The number of nitrogens with one attached hydrogen (secondary N) is 2. The molecule has 23 heavy (non-hydrogen) atoms. The zero-order chi connectivity index (χ0) is 16.4. The first kappa shape index (κ1) is 16.2. The second-order valence-corrected chi connectivity index (χ2v) is 7.91. The van der Waals surface area contributed by atoms with Gasteiger partial charge in [-0.1, -0.05) is 27.7 Å². The van der Waals surface area contributed by atoms with Crippen molar-refractivity contribution in [2.75, 3.05) is 11.1 Å². The van der Waals surface area contributed by atoms with Crippen molar-refractivity contribution in [2.24, 2.45) is 0 Å². The molecule has 0 aliphatic carbocycles. The molecule has 0 radical (unpaired) electrons. The monoisotopic (exact) mass is 409 g/mol. The number of benzene rings is 1. The Morgan fingerprint density at radius 3 is 2.87 bits per heavy atom. The maximum absolute atomic E-state index is 12.0. The fraction of sp³-hybridized carbons (Fsp3) is 0.133. The number of aromatic amines is 1. The SMILES string of the molecule is Cc1cc2c(=O)[nH]c(SCC(=O)Nc3ccc(Br)cc3)nc2s1. The standard InChI is InChI=1S/C15H12BrN3O2S2/c1-8-6-11-13(21)18-15(19-14(11)23-8)22-7-12(20)17-10-4-2-9(16)3-5-10/h2-6H,7H2,1H3,(H,17,20)(H,18,19,21). The van der Waals surface area contributed by atoms with Gasteiger partial charge in [-0.3, -0.25) is 9.59 Å². The fourth-order valence-electron chi connectivity index (χ4n) is 1.96. The molecular weight excluding hydrogens is 398 g/mol. The van der Waals surface area contributed by atoms with Gasteiger partial charge in [0.1, 0.15) is 4.83 Å². The molecule has 0 spiro atoms. The molecule has 118 valence electrons. The summed E-state index contributed by atoms with van der Waals surface area (Å²) in [5.41, 5.74) is 0.555. The molecule has 2 N–H and O–H groups in total. The average Bonchev–Trinajstić information content (AvgIpc) is 2.89. The molecule has 0 unspecified atom stereocenters. The van der Waals surface area contributed by atoms with E-state index >= 15 is 0 Å². The van der Waals surface area contributed by atoms with Crippen LogP contribution in [0.2, 0.25) is 0 Å². The van der Waals surface area contributed by atoms with Crippen LogP contribution in [0.5, 0.6) is 0 Å². The van der Waals surface area contributed by atoms with Crippen molar-refractivity contribution in [3.63, 3.8) is 0 Å². The van der Waals surface area contributed by atoms with Crippen LogP contribution in [0.3, 0.4) is 0 Å². The molecular formula is C15H12BrN3O2S2. The Hall–Kier alpha value is -1.64. The Bertz CT molecular complexity index is 919. The van der Waals surface area contributed by atoms with Crippen LogP contribution in [0, 0.1) is 6.92 Å². The molecule has 3 rings (SSSR count). The molecule has 0 saturated carbocycles. The molecule has 0 aliphatic heterocycles. The maximum atomic E-state index is 12.0. The van der Waals surface area contributed by atoms with Gasteiger partial charge in [0.25, 0.3) is 5.56 Å². The molecule has 0 fully saturated rings. The molecule has 8 heteroatoms. The van der Waals surface area contributed by atoms with E-state index in [4.69, 9.17) is 0 Å². The highest BCUT2D eigenvalue weighted by Crippen LogP contribution is 2.22. The van der Waals surface area contributed by atoms with E-state index in [9.17, 15) is 9.59 Å². The van der Waals surface area contributed by atoms with Gasteiger partial charge in [-0.15, -0.1) is 11.3 Å². The number of anilines is 1. The van der Waals surface area contributed by atoms with Gasteiger partial charge in [0.2, 0.25) is 5.91 Å². The van der Waals surface area contributed by atoms with E-state index in [-0.39, 0.29) is 17.2 Å². The van der Waals surface area contributed by atoms with Crippen molar-refractivity contribution in [3.05, 3.63) is 50.0 Å². The Labute approximate surface area is 148 Å². The first-order valence-electron chi connectivity index (χ1n) is 6.70. The number of aromatic nitrogens is 2. The number of halogens is 1. The molecule has 1 aromatic carbocycles. The number of thiophene rings is 1. The number of hydrogen-bond donors (Lipinski definition) is 2. The van der Waals surface area contributed by atoms with E-state index in [1.165, 1.54) is 23.1 Å². The summed E-state index contributed by atoms with van der Waals surface area (Å²) in [6, 6.07) is 9.16. The molecule has 2 heterocycles. The van der Waals surface area contributed by atoms with Gasteiger partial charge in [0.05, 0.1) is 11.1 Å². The molecule has 2 aromatic heterocycles. The number of carbonyl (C=O) groups excluding carboxylic acids is 1. The van der Waals surface area contributed by atoms with Crippen molar-refractivity contribution >= 4 is 60.8 Å². The number of amides is 1. The topological polar surface area (TPSA) is 74.8 Å². The first-order chi connectivity index (χ1) is 11.0. The third kappa shape index (κ3) is 4.01. The lowest BCUT2D eigenvalue weighted by Crippen LogP contribution is -2.15. The summed E-state index contributed by atoms with van der Waals surface area (Å²) >= 11 is 6.02. The van der Waals surface area contributed by atoms with Crippen LogP contribution in [-0.4, -0.2) is 21.6 Å². The van der Waals surface area contributed by atoms with Crippen LogP contribution in [0.25, 0.3) is 10.2 Å². The van der Waals surface area contributed by atoms with E-state index in [0.717, 1.165) is 15.0 Å². The number of nitrogens with zero attached hydrogens (tertiary/aromatic N) is 1. The highest BCUT2D eigenvalue weighted by molar-refractivity contribution is 9.10. The van der Waals surface area contributed by atoms with Crippen LogP contribution >= 0.6 is 39.0 Å². The first-order valence-corrected chi connectivity index (χ1v) is 9.29. The summed E-state index contributed by atoms with van der Waals surface area (Å²) < 4.78 is 0.950. The van der Waals surface area contributed by atoms with Crippen LogP contribution in [-0.2, 0) is 4.79 Å². The Morgan fingerprint density at radius 1 is 1.39 bits per heavy atom. The van der Waals surface area contributed by atoms with Crippen LogP contribution < -0.4 is 10.9 Å². The van der Waals surface area contributed by atoms with Crippen molar-refractivity contribution < 1.29 is 4.79 Å². The minimum absolute atomic E-state index is 0.151. The van der Waals surface area contributed by atoms with Crippen LogP contribution in [0.1, 0.15) is 4.88 Å². The van der Waals surface area contributed by atoms with Crippen molar-refractivity contribution in [2.45, 2.75) is 12.1 Å². The molecule has 0 aliphatic rings. The minimum Gasteiger partial charge on any atom is -0.325 e. The third-order valence-electron chi connectivity index (χ3n) is 2.97. The van der Waals surface area contributed by atoms with Crippen molar-refractivity contribution in [1.82, 2.24) is 9.97 Å². The number of aryl methyl sites for hydroxylation is 1. The van der Waals surface area contributed by atoms with E-state index in [2.05, 4.69) is 31.2 Å². The highest BCUT2D eigenvalue weighted by atomic mass is 79.9. The van der Waals surface area contributed by atoms with Crippen LogP contribution in [0.4, 0.5) is 5.69 Å². The zero-order valence-corrected chi connectivity index (χ0v) is 15.3. The zero-order valence-electron chi connectivity index (χ0n) is 12.1. The lowest BCUT2D eigenvalue weighted by molar-refractivity contribution is -0.113. The number of hydrogen-bond acceptors (Lipinski definition) is 5. The van der Waals surface area contributed by atoms with Gasteiger partial charge in [0, 0.05) is 15.0 Å². The Kier molecular flexibility index (Phi) is 4.84. The normalized spacial score (nSPS) is 10.9. The summed E-state index contributed by atoms with van der Waals surface area (Å²) in [5.74, 6) is 0.0249. The molecule has 0 saturated heterocycles. The molecule has 0 bridgehead atoms. The second kappa shape index (κ2) is 6.86. The summed E-state index contributed by atoms with van der Waals surface area (Å²) in [4.78, 5) is 32.8. The number of thioether (sulfide) groups is 1.